The summed E-state index contributed by atoms with van der Waals surface area (Å²) in [5, 5.41) is 5.96. The number of H-pyrrole nitrogens is 1. The molecule has 2 aromatic heterocycles. The van der Waals surface area contributed by atoms with Crippen molar-refractivity contribution in [2.45, 2.75) is 32.7 Å². The van der Waals surface area contributed by atoms with Gasteiger partial charge in [0.25, 0.3) is 5.56 Å². The molecule has 0 aliphatic heterocycles. The number of rotatable bonds is 6. The summed E-state index contributed by atoms with van der Waals surface area (Å²) in [5.74, 6) is 1.25. The molecule has 132 valence electrons. The lowest BCUT2D eigenvalue weighted by Gasteiger charge is -2.18. The summed E-state index contributed by atoms with van der Waals surface area (Å²) >= 11 is 0. The molecule has 1 unspecified atom stereocenters. The van der Waals surface area contributed by atoms with Gasteiger partial charge in [-0.1, -0.05) is 23.8 Å². The number of nitrogens with one attached hydrogen (secondary N) is 2. The molecule has 2 heterocycles. The molecule has 0 amide bonds. The summed E-state index contributed by atoms with van der Waals surface area (Å²) in [6.07, 6.45) is 9.96. The van der Waals surface area contributed by atoms with Crippen molar-refractivity contribution in [3.05, 3.63) is 45.9 Å². The fourth-order valence-corrected chi connectivity index (χ4v) is 2.98. The molecule has 0 bridgehead atoms. The Kier molecular flexibility index (Phi) is 5.25. The van der Waals surface area contributed by atoms with Crippen molar-refractivity contribution in [1.82, 2.24) is 15.0 Å². The maximum atomic E-state index is 12.4. The standard InChI is InChI=1S/C18H24N6O/c1-11-5-3-6-13(9-11)22-16-14-15(12(2)10-21-17(14)25)23-18(24-16)20-8-4-7-19/h3,5,9-10,13H,4,6-8,19H2,1-2H3,(H,21,25)(H2,20,22,23,24)/p+2. The van der Waals surface area contributed by atoms with E-state index in [9.17, 15) is 4.79 Å². The molecule has 1 atom stereocenters. The van der Waals surface area contributed by atoms with Gasteiger partial charge in [-0.2, -0.15) is 9.97 Å². The van der Waals surface area contributed by atoms with Crippen molar-refractivity contribution < 1.29 is 11.1 Å². The third-order valence-electron chi connectivity index (χ3n) is 4.28. The van der Waals surface area contributed by atoms with Crippen molar-refractivity contribution in [3.8, 4) is 0 Å². The molecule has 1 aliphatic carbocycles. The highest BCUT2D eigenvalue weighted by Crippen LogP contribution is 2.22. The number of pyridine rings is 1. The molecule has 7 nitrogen and oxygen atoms in total. The first-order valence-corrected chi connectivity index (χ1v) is 8.72. The first kappa shape index (κ1) is 17.3. The van der Waals surface area contributed by atoms with E-state index in [1.807, 2.05) is 12.2 Å². The lowest BCUT2D eigenvalue weighted by atomic mass is 10.0. The molecule has 25 heavy (non-hydrogen) atoms. The van der Waals surface area contributed by atoms with E-state index in [2.05, 4.69) is 51.2 Å². The van der Waals surface area contributed by atoms with E-state index in [0.717, 1.165) is 31.5 Å². The normalized spacial score (nSPS) is 16.9. The van der Waals surface area contributed by atoms with Gasteiger partial charge in [-0.15, -0.1) is 0 Å². The summed E-state index contributed by atoms with van der Waals surface area (Å²) < 4.78 is 0. The van der Waals surface area contributed by atoms with E-state index in [4.69, 9.17) is 0 Å². The average Bonchev–Trinajstić information content (AvgIpc) is 2.58. The summed E-state index contributed by atoms with van der Waals surface area (Å²) in [4.78, 5) is 24.4. The third kappa shape index (κ3) is 3.94. The predicted octanol–water partition coefficient (Wildman–Crippen LogP) is 0.140. The van der Waals surface area contributed by atoms with Crippen molar-refractivity contribution in [3.63, 3.8) is 0 Å². The minimum absolute atomic E-state index is 0.121. The highest BCUT2D eigenvalue weighted by atomic mass is 16.1. The number of anilines is 1. The number of aromatic nitrogens is 3. The van der Waals surface area contributed by atoms with Gasteiger partial charge in [0.05, 0.1) is 18.6 Å². The fourth-order valence-electron chi connectivity index (χ4n) is 2.98. The Morgan fingerprint density at radius 1 is 1.40 bits per heavy atom. The second kappa shape index (κ2) is 7.58. The van der Waals surface area contributed by atoms with Crippen molar-refractivity contribution in [2.75, 3.05) is 18.4 Å². The van der Waals surface area contributed by atoms with Crippen LogP contribution < -0.4 is 21.9 Å². The number of hydrogen-bond acceptors (Lipinski definition) is 4. The Hall–Kier alpha value is -2.51. The Balaban J connectivity index is 2.03. The number of nitrogens with zero attached hydrogens (tertiary/aromatic N) is 2. The third-order valence-corrected chi connectivity index (χ3v) is 4.28. The largest absolute Gasteiger partial charge is 0.363 e. The van der Waals surface area contributed by atoms with Crippen molar-refractivity contribution >= 4 is 22.7 Å². The minimum Gasteiger partial charge on any atom is -0.363 e. The smallest absolute Gasteiger partial charge is 0.328 e. The number of quaternary nitrogens is 2. The van der Waals surface area contributed by atoms with Gasteiger partial charge < -0.3 is 16.0 Å². The monoisotopic (exact) mass is 342 g/mol. The SMILES string of the molecule is CC1=CC(Nc2nc([NH2+]CCC[NH3+])nc3c(C)c[nH]c(=O)c23)CC=C1. The fraction of sp³-hybridized carbons (Fsp3) is 0.389. The Morgan fingerprint density at radius 3 is 3.00 bits per heavy atom. The van der Waals surface area contributed by atoms with Crippen LogP contribution in [0.1, 0.15) is 25.3 Å². The van der Waals surface area contributed by atoms with Crippen LogP contribution in [0, 0.1) is 6.92 Å². The van der Waals surface area contributed by atoms with Gasteiger partial charge in [0.15, 0.2) is 0 Å². The number of nitrogens with two attached hydrogens (primary N) is 1. The number of hydrogen-bond donors (Lipinski definition) is 4. The molecule has 1 aliphatic rings. The minimum atomic E-state index is -0.167. The quantitative estimate of drug-likeness (QED) is 0.559. The van der Waals surface area contributed by atoms with Crippen LogP contribution in [0.25, 0.3) is 10.9 Å². The lowest BCUT2D eigenvalue weighted by Crippen LogP contribution is -2.79. The summed E-state index contributed by atoms with van der Waals surface area (Å²) in [6.45, 7) is 5.77. The summed E-state index contributed by atoms with van der Waals surface area (Å²) in [6, 6.07) is 0.121. The lowest BCUT2D eigenvalue weighted by molar-refractivity contribution is -0.582. The second-order valence-electron chi connectivity index (χ2n) is 6.45. The molecule has 0 saturated heterocycles. The molecule has 7 heteroatoms. The zero-order valence-corrected chi connectivity index (χ0v) is 14.8. The van der Waals surface area contributed by atoms with Crippen LogP contribution in [-0.4, -0.2) is 34.1 Å². The van der Waals surface area contributed by atoms with Crippen LogP contribution in [0.4, 0.5) is 11.8 Å². The molecule has 0 saturated carbocycles. The average molecular weight is 342 g/mol. The van der Waals surface area contributed by atoms with E-state index < -0.39 is 0 Å². The van der Waals surface area contributed by atoms with E-state index in [1.54, 1.807) is 6.20 Å². The maximum absolute atomic E-state index is 12.4. The molecular weight excluding hydrogens is 316 g/mol. The van der Waals surface area contributed by atoms with Crippen LogP contribution in [0.3, 0.4) is 0 Å². The van der Waals surface area contributed by atoms with E-state index in [1.165, 1.54) is 5.57 Å². The van der Waals surface area contributed by atoms with Gasteiger partial charge in [-0.3, -0.25) is 10.1 Å². The number of fused-ring (bicyclic) bond motifs is 1. The van der Waals surface area contributed by atoms with Crippen LogP contribution in [0.2, 0.25) is 0 Å². The summed E-state index contributed by atoms with van der Waals surface area (Å²) in [7, 11) is 0. The number of aromatic amines is 1. The topological polar surface area (TPSA) is 115 Å². The van der Waals surface area contributed by atoms with Gasteiger partial charge in [0.2, 0.25) is 0 Å². The molecular formula is C18H26N6O+2. The first-order valence-electron chi connectivity index (χ1n) is 8.72. The van der Waals surface area contributed by atoms with Crippen LogP contribution in [0.15, 0.2) is 34.8 Å². The predicted molar refractivity (Wildman–Crippen MR) is 98.6 cm³/mol. The molecule has 2 aromatic rings. The second-order valence-corrected chi connectivity index (χ2v) is 6.45. The first-order chi connectivity index (χ1) is 12.1. The molecule has 0 spiro atoms. The van der Waals surface area contributed by atoms with E-state index in [0.29, 0.717) is 22.7 Å². The maximum Gasteiger partial charge on any atom is 0.328 e. The molecule has 0 aromatic carbocycles. The molecule has 3 rings (SSSR count). The Labute approximate surface area is 146 Å². The van der Waals surface area contributed by atoms with E-state index in [-0.39, 0.29) is 11.6 Å². The molecule has 0 fully saturated rings. The van der Waals surface area contributed by atoms with Gasteiger partial charge in [-0.25, -0.2) is 0 Å². The van der Waals surface area contributed by atoms with Crippen LogP contribution in [-0.2, 0) is 0 Å². The molecule has 0 radical (unpaired) electrons. The number of aryl methyl sites for hydroxylation is 1. The van der Waals surface area contributed by atoms with Crippen LogP contribution >= 0.6 is 0 Å². The van der Waals surface area contributed by atoms with Crippen molar-refractivity contribution in [1.29, 1.82) is 0 Å². The van der Waals surface area contributed by atoms with Gasteiger partial charge in [0.1, 0.15) is 11.2 Å². The van der Waals surface area contributed by atoms with Gasteiger partial charge in [-0.05, 0) is 25.8 Å². The number of allylic oxidation sites excluding steroid dienone is 2. The Morgan fingerprint density at radius 2 is 2.24 bits per heavy atom. The van der Waals surface area contributed by atoms with Crippen molar-refractivity contribution in [2.24, 2.45) is 0 Å². The van der Waals surface area contributed by atoms with E-state index >= 15 is 0 Å². The zero-order valence-electron chi connectivity index (χ0n) is 14.8. The van der Waals surface area contributed by atoms with Gasteiger partial charge in [0, 0.05) is 18.7 Å². The Bertz CT molecular complexity index is 883. The summed E-state index contributed by atoms with van der Waals surface area (Å²) in [5.41, 5.74) is 6.53. The van der Waals surface area contributed by atoms with Gasteiger partial charge >= 0.3 is 5.95 Å². The zero-order chi connectivity index (χ0) is 17.8. The van der Waals surface area contributed by atoms with Crippen LogP contribution in [0.5, 0.6) is 0 Å². The molecule has 7 N–H and O–H groups in total. The highest BCUT2D eigenvalue weighted by Gasteiger charge is 2.17. The highest BCUT2D eigenvalue weighted by molar-refractivity contribution is 5.90.